The molecule has 0 aliphatic heterocycles. The van der Waals surface area contributed by atoms with Crippen molar-refractivity contribution in [2.75, 3.05) is 6.61 Å². The average Bonchev–Trinajstić information content (AvgIpc) is 3.03. The number of oxime groups is 1. The molecule has 1 heterocycles. The van der Waals surface area contributed by atoms with E-state index in [4.69, 9.17) is 16.4 Å². The SMILES string of the molecule is C/C(=N/OCC(=O)N/N=C/c1ccc(Cl)cc1)c1cccs1. The summed E-state index contributed by atoms with van der Waals surface area (Å²) in [5.41, 5.74) is 3.92. The van der Waals surface area contributed by atoms with Crippen molar-refractivity contribution in [1.82, 2.24) is 5.43 Å². The van der Waals surface area contributed by atoms with Crippen LogP contribution < -0.4 is 5.43 Å². The van der Waals surface area contributed by atoms with Crippen molar-refractivity contribution >= 4 is 40.8 Å². The molecule has 114 valence electrons. The molecule has 1 N–H and O–H groups in total. The summed E-state index contributed by atoms with van der Waals surface area (Å²) in [7, 11) is 0. The molecule has 2 rings (SSSR count). The molecule has 0 spiro atoms. The molecule has 1 aromatic heterocycles. The summed E-state index contributed by atoms with van der Waals surface area (Å²) in [5.74, 6) is -0.382. The van der Waals surface area contributed by atoms with E-state index >= 15 is 0 Å². The van der Waals surface area contributed by atoms with Crippen molar-refractivity contribution in [2.45, 2.75) is 6.92 Å². The van der Waals surface area contributed by atoms with Crippen LogP contribution in [0.1, 0.15) is 17.4 Å². The monoisotopic (exact) mass is 335 g/mol. The fourth-order valence-electron chi connectivity index (χ4n) is 1.48. The third-order valence-corrected chi connectivity index (χ3v) is 3.78. The number of halogens is 1. The summed E-state index contributed by atoms with van der Waals surface area (Å²) >= 11 is 7.33. The molecule has 0 saturated carbocycles. The largest absolute Gasteiger partial charge is 0.385 e. The predicted molar refractivity (Wildman–Crippen MR) is 89.7 cm³/mol. The molecule has 0 saturated heterocycles. The molecule has 0 atom stereocenters. The zero-order valence-electron chi connectivity index (χ0n) is 11.8. The highest BCUT2D eigenvalue weighted by Gasteiger charge is 2.01. The lowest BCUT2D eigenvalue weighted by molar-refractivity contribution is -0.125. The summed E-state index contributed by atoms with van der Waals surface area (Å²) in [6, 6.07) is 10.9. The van der Waals surface area contributed by atoms with Gasteiger partial charge in [0.25, 0.3) is 5.91 Å². The minimum Gasteiger partial charge on any atom is -0.385 e. The number of carbonyl (C=O) groups excluding carboxylic acids is 1. The number of thiophene rings is 1. The molecule has 1 amide bonds. The first kappa shape index (κ1) is 16.2. The van der Waals surface area contributed by atoms with E-state index in [0.29, 0.717) is 5.02 Å². The second kappa shape index (κ2) is 8.31. The Labute approximate surface area is 137 Å². The van der Waals surface area contributed by atoms with Gasteiger partial charge in [-0.2, -0.15) is 5.10 Å². The van der Waals surface area contributed by atoms with E-state index in [2.05, 4.69) is 15.7 Å². The Kier molecular flexibility index (Phi) is 6.12. The lowest BCUT2D eigenvalue weighted by atomic mass is 10.2. The number of carbonyl (C=O) groups is 1. The topological polar surface area (TPSA) is 63.0 Å². The highest BCUT2D eigenvalue weighted by atomic mass is 35.5. The van der Waals surface area contributed by atoms with Crippen LogP contribution >= 0.6 is 22.9 Å². The van der Waals surface area contributed by atoms with E-state index < -0.39 is 0 Å². The predicted octanol–water partition coefficient (Wildman–Crippen LogP) is 3.29. The Morgan fingerprint density at radius 1 is 1.36 bits per heavy atom. The van der Waals surface area contributed by atoms with Gasteiger partial charge in [-0.05, 0) is 36.1 Å². The Bertz CT molecular complexity index is 667. The van der Waals surface area contributed by atoms with E-state index in [9.17, 15) is 4.79 Å². The van der Waals surface area contributed by atoms with E-state index in [-0.39, 0.29) is 12.5 Å². The van der Waals surface area contributed by atoms with Crippen LogP contribution in [0.5, 0.6) is 0 Å². The summed E-state index contributed by atoms with van der Waals surface area (Å²) < 4.78 is 0. The van der Waals surface area contributed by atoms with Crippen LogP contribution in [0.25, 0.3) is 0 Å². The van der Waals surface area contributed by atoms with Crippen molar-refractivity contribution in [2.24, 2.45) is 10.3 Å². The van der Waals surface area contributed by atoms with Crippen LogP contribution in [0.2, 0.25) is 5.02 Å². The van der Waals surface area contributed by atoms with Gasteiger partial charge in [-0.1, -0.05) is 35.0 Å². The number of hydrogen-bond acceptors (Lipinski definition) is 5. The fourth-order valence-corrected chi connectivity index (χ4v) is 2.27. The zero-order valence-corrected chi connectivity index (χ0v) is 13.4. The average molecular weight is 336 g/mol. The summed E-state index contributed by atoms with van der Waals surface area (Å²) in [4.78, 5) is 17.5. The molecule has 0 fully saturated rings. The van der Waals surface area contributed by atoms with Crippen molar-refractivity contribution in [3.8, 4) is 0 Å². The van der Waals surface area contributed by atoms with E-state index in [1.807, 2.05) is 24.4 Å². The maximum Gasteiger partial charge on any atom is 0.280 e. The lowest BCUT2D eigenvalue weighted by Gasteiger charge is -2.00. The van der Waals surface area contributed by atoms with Gasteiger partial charge in [0.05, 0.1) is 16.8 Å². The third kappa shape index (κ3) is 5.31. The molecule has 0 aliphatic rings. The first-order valence-electron chi connectivity index (χ1n) is 6.43. The second-order valence-electron chi connectivity index (χ2n) is 4.27. The number of rotatable bonds is 6. The van der Waals surface area contributed by atoms with Gasteiger partial charge >= 0.3 is 0 Å². The highest BCUT2D eigenvalue weighted by Crippen LogP contribution is 2.10. The summed E-state index contributed by atoms with van der Waals surface area (Å²) in [6.45, 7) is 1.63. The second-order valence-corrected chi connectivity index (χ2v) is 5.66. The Hall–Kier alpha value is -2.18. The number of benzene rings is 1. The lowest BCUT2D eigenvalue weighted by Crippen LogP contribution is -2.22. The molecule has 2 aromatic rings. The van der Waals surface area contributed by atoms with E-state index in [1.165, 1.54) is 6.21 Å². The Morgan fingerprint density at radius 3 is 2.82 bits per heavy atom. The summed E-state index contributed by atoms with van der Waals surface area (Å²) in [6.07, 6.45) is 1.52. The molecule has 0 aliphatic carbocycles. The van der Waals surface area contributed by atoms with Crippen molar-refractivity contribution in [1.29, 1.82) is 0 Å². The Balaban J connectivity index is 1.74. The molecule has 5 nitrogen and oxygen atoms in total. The third-order valence-electron chi connectivity index (χ3n) is 2.55. The maximum atomic E-state index is 11.5. The van der Waals surface area contributed by atoms with Gasteiger partial charge in [0.15, 0.2) is 6.61 Å². The van der Waals surface area contributed by atoms with Gasteiger partial charge in [-0.3, -0.25) is 4.79 Å². The Morgan fingerprint density at radius 2 is 2.14 bits per heavy atom. The molecular formula is C15H14ClN3O2S. The van der Waals surface area contributed by atoms with Gasteiger partial charge in [0.2, 0.25) is 0 Å². The first-order valence-corrected chi connectivity index (χ1v) is 7.69. The van der Waals surface area contributed by atoms with Gasteiger partial charge in [0.1, 0.15) is 0 Å². The van der Waals surface area contributed by atoms with Crippen LogP contribution in [0.4, 0.5) is 0 Å². The molecule has 7 heteroatoms. The van der Waals surface area contributed by atoms with Crippen LogP contribution in [-0.2, 0) is 9.63 Å². The number of nitrogens with zero attached hydrogens (tertiary/aromatic N) is 2. The van der Waals surface area contributed by atoms with Crippen LogP contribution in [-0.4, -0.2) is 24.4 Å². The minimum absolute atomic E-state index is 0.194. The van der Waals surface area contributed by atoms with Crippen molar-refractivity contribution in [3.63, 3.8) is 0 Å². The minimum atomic E-state index is -0.382. The van der Waals surface area contributed by atoms with Crippen LogP contribution in [0.15, 0.2) is 52.0 Å². The number of hydrogen-bond donors (Lipinski definition) is 1. The highest BCUT2D eigenvalue weighted by molar-refractivity contribution is 7.12. The van der Waals surface area contributed by atoms with Crippen molar-refractivity contribution in [3.05, 3.63) is 57.2 Å². The fraction of sp³-hybridized carbons (Fsp3) is 0.133. The zero-order chi connectivity index (χ0) is 15.8. The molecule has 0 radical (unpaired) electrons. The quantitative estimate of drug-likeness (QED) is 0.650. The van der Waals surface area contributed by atoms with Gasteiger partial charge in [0, 0.05) is 5.02 Å². The number of hydrazone groups is 1. The maximum absolute atomic E-state index is 11.5. The van der Waals surface area contributed by atoms with E-state index in [1.54, 1.807) is 35.6 Å². The van der Waals surface area contributed by atoms with Gasteiger partial charge in [-0.15, -0.1) is 11.3 Å². The molecule has 0 bridgehead atoms. The first-order chi connectivity index (χ1) is 10.6. The van der Waals surface area contributed by atoms with Crippen LogP contribution in [0, 0.1) is 0 Å². The standard InChI is InChI=1S/C15H14ClN3O2S/c1-11(14-3-2-8-22-14)19-21-10-15(20)18-17-9-12-4-6-13(16)7-5-12/h2-9H,10H2,1H3,(H,18,20)/b17-9+,19-11-. The van der Waals surface area contributed by atoms with Crippen molar-refractivity contribution < 1.29 is 9.63 Å². The smallest absolute Gasteiger partial charge is 0.280 e. The van der Waals surface area contributed by atoms with Gasteiger partial charge in [-0.25, -0.2) is 5.43 Å². The molecule has 22 heavy (non-hydrogen) atoms. The molecule has 1 aromatic carbocycles. The molecular weight excluding hydrogens is 322 g/mol. The normalized spacial score (nSPS) is 11.6. The van der Waals surface area contributed by atoms with Crippen LogP contribution in [0.3, 0.4) is 0 Å². The van der Waals surface area contributed by atoms with E-state index in [0.717, 1.165) is 16.2 Å². The number of nitrogens with one attached hydrogen (secondary N) is 1. The number of amides is 1. The molecule has 0 unspecified atom stereocenters. The van der Waals surface area contributed by atoms with Gasteiger partial charge < -0.3 is 4.84 Å². The summed E-state index contributed by atoms with van der Waals surface area (Å²) in [5, 5.41) is 10.3.